The van der Waals surface area contributed by atoms with E-state index in [4.69, 9.17) is 9.52 Å². The van der Waals surface area contributed by atoms with Gasteiger partial charge in [-0.2, -0.15) is 0 Å². The molecule has 2 aromatic rings. The lowest BCUT2D eigenvalue weighted by molar-refractivity contribution is -0.144. The van der Waals surface area contributed by atoms with Gasteiger partial charge in [-0.25, -0.2) is 18.6 Å². The Morgan fingerprint density at radius 2 is 2.00 bits per heavy atom. The fourth-order valence-corrected chi connectivity index (χ4v) is 2.97. The van der Waals surface area contributed by atoms with Crippen molar-refractivity contribution in [2.75, 3.05) is 13.1 Å². The summed E-state index contributed by atoms with van der Waals surface area (Å²) in [6.07, 6.45) is -0.0584. The number of likely N-dealkylation sites (tertiary alicyclic amines) is 1. The average molecular weight is 395 g/mol. The van der Waals surface area contributed by atoms with E-state index in [1.54, 1.807) is 0 Å². The lowest BCUT2D eigenvalue weighted by Crippen LogP contribution is -2.54. The minimum absolute atomic E-state index is 0.0572. The van der Waals surface area contributed by atoms with Crippen molar-refractivity contribution < 1.29 is 37.8 Å². The number of hydrogen-bond acceptors (Lipinski definition) is 5. The number of aromatic nitrogens is 1. The number of oxazole rings is 1. The van der Waals surface area contributed by atoms with Gasteiger partial charge in [-0.15, -0.1) is 0 Å². The molecule has 0 aliphatic carbocycles. The van der Waals surface area contributed by atoms with Crippen LogP contribution in [-0.4, -0.2) is 57.2 Å². The smallest absolute Gasteiger partial charge is 0.407 e. The maximum Gasteiger partial charge on any atom is 0.407 e. The van der Waals surface area contributed by atoms with Crippen molar-refractivity contribution in [2.24, 2.45) is 5.92 Å². The Bertz CT molecular complexity index is 931. The Morgan fingerprint density at radius 1 is 1.25 bits per heavy atom. The third kappa shape index (κ3) is 3.92. The summed E-state index contributed by atoms with van der Waals surface area (Å²) in [6.45, 7) is -0.213. The third-order valence-electron chi connectivity index (χ3n) is 4.41. The van der Waals surface area contributed by atoms with E-state index in [1.807, 2.05) is 0 Å². The first-order valence-corrected chi connectivity index (χ1v) is 8.19. The SMILES string of the molecule is O=C(N[C@H]1CCN(C(=O)O)C[C@H]1C(=O)O)c1ncc(-c2ccc(F)cc2F)o1. The van der Waals surface area contributed by atoms with Crippen molar-refractivity contribution in [3.05, 3.63) is 41.9 Å². The second-order valence-electron chi connectivity index (χ2n) is 6.20. The maximum absolute atomic E-state index is 13.8. The molecule has 0 saturated carbocycles. The highest BCUT2D eigenvalue weighted by Gasteiger charge is 2.37. The van der Waals surface area contributed by atoms with Crippen molar-refractivity contribution in [1.82, 2.24) is 15.2 Å². The summed E-state index contributed by atoms with van der Waals surface area (Å²) >= 11 is 0. The van der Waals surface area contributed by atoms with Crippen LogP contribution < -0.4 is 5.32 Å². The molecule has 0 bridgehead atoms. The third-order valence-corrected chi connectivity index (χ3v) is 4.41. The van der Waals surface area contributed by atoms with Crippen LogP contribution in [0.2, 0.25) is 0 Å². The molecule has 1 aliphatic heterocycles. The van der Waals surface area contributed by atoms with Gasteiger partial charge in [-0.05, 0) is 18.6 Å². The van der Waals surface area contributed by atoms with Gasteiger partial charge in [0.25, 0.3) is 5.89 Å². The first-order valence-electron chi connectivity index (χ1n) is 8.19. The molecule has 0 spiro atoms. The summed E-state index contributed by atoms with van der Waals surface area (Å²) in [6, 6.07) is 1.98. The van der Waals surface area contributed by atoms with Crippen LogP contribution in [0.4, 0.5) is 13.6 Å². The Kier molecular flexibility index (Phi) is 5.25. The second kappa shape index (κ2) is 7.62. The monoisotopic (exact) mass is 395 g/mol. The number of piperidine rings is 1. The standard InChI is InChI=1S/C17H15F2N3O6/c18-8-1-2-9(11(19)5-8)13-6-20-15(28-13)14(23)21-12-3-4-22(17(26)27)7-10(12)16(24)25/h1-2,5-6,10,12H,3-4,7H2,(H,21,23)(H,24,25)(H,26,27)/t10-,12+/m1/s1. The number of carboxylic acid groups (broad SMARTS) is 2. The normalized spacial score (nSPS) is 19.3. The summed E-state index contributed by atoms with van der Waals surface area (Å²) in [5.41, 5.74) is -0.0915. The number of rotatable bonds is 4. The molecule has 1 aromatic carbocycles. The summed E-state index contributed by atoms with van der Waals surface area (Å²) in [7, 11) is 0. The van der Waals surface area contributed by atoms with Gasteiger partial charge in [0.2, 0.25) is 0 Å². The molecule has 3 N–H and O–H groups in total. The van der Waals surface area contributed by atoms with Gasteiger partial charge in [-0.1, -0.05) is 0 Å². The fourth-order valence-electron chi connectivity index (χ4n) is 2.97. The highest BCUT2D eigenvalue weighted by atomic mass is 19.1. The van der Waals surface area contributed by atoms with E-state index in [0.717, 1.165) is 23.2 Å². The Morgan fingerprint density at radius 3 is 2.64 bits per heavy atom. The van der Waals surface area contributed by atoms with Gasteiger partial charge >= 0.3 is 18.0 Å². The van der Waals surface area contributed by atoms with E-state index in [0.29, 0.717) is 6.07 Å². The van der Waals surface area contributed by atoms with Gasteiger partial charge in [0.15, 0.2) is 5.76 Å². The molecule has 3 rings (SSSR count). The number of halogens is 2. The van der Waals surface area contributed by atoms with Crippen LogP contribution >= 0.6 is 0 Å². The summed E-state index contributed by atoms with van der Waals surface area (Å²) in [4.78, 5) is 39.5. The summed E-state index contributed by atoms with van der Waals surface area (Å²) < 4.78 is 32.0. The zero-order chi connectivity index (χ0) is 20.4. The fraction of sp³-hybridized carbons (Fsp3) is 0.294. The molecule has 1 aliphatic rings. The van der Waals surface area contributed by atoms with Crippen LogP contribution in [0.15, 0.2) is 28.8 Å². The van der Waals surface area contributed by atoms with Crippen LogP contribution in [0.3, 0.4) is 0 Å². The molecule has 2 heterocycles. The number of carbonyl (C=O) groups is 3. The molecule has 28 heavy (non-hydrogen) atoms. The average Bonchev–Trinajstić information content (AvgIpc) is 3.11. The lowest BCUT2D eigenvalue weighted by Gasteiger charge is -2.35. The van der Waals surface area contributed by atoms with Gasteiger partial charge in [0, 0.05) is 25.2 Å². The minimum atomic E-state index is -1.25. The van der Waals surface area contributed by atoms with E-state index >= 15 is 0 Å². The van der Waals surface area contributed by atoms with Gasteiger partial charge < -0.3 is 24.8 Å². The topological polar surface area (TPSA) is 133 Å². The molecule has 0 radical (unpaired) electrons. The Labute approximate surface area is 156 Å². The molecule has 2 amide bonds. The first kappa shape index (κ1) is 19.3. The predicted molar refractivity (Wildman–Crippen MR) is 88.4 cm³/mol. The zero-order valence-corrected chi connectivity index (χ0v) is 14.3. The van der Waals surface area contributed by atoms with Crippen molar-refractivity contribution in [1.29, 1.82) is 0 Å². The van der Waals surface area contributed by atoms with Crippen LogP contribution in [0, 0.1) is 17.6 Å². The number of nitrogens with one attached hydrogen (secondary N) is 1. The number of aliphatic carboxylic acids is 1. The van der Waals surface area contributed by atoms with Crippen LogP contribution in [0.25, 0.3) is 11.3 Å². The molecule has 11 heteroatoms. The Balaban J connectivity index is 1.73. The van der Waals surface area contributed by atoms with E-state index in [9.17, 15) is 28.3 Å². The number of hydrogen-bond donors (Lipinski definition) is 3. The predicted octanol–water partition coefficient (Wildman–Crippen LogP) is 1.80. The molecule has 2 atom stereocenters. The van der Waals surface area contributed by atoms with Gasteiger partial charge in [0.05, 0.1) is 17.7 Å². The van der Waals surface area contributed by atoms with Crippen molar-refractivity contribution in [3.8, 4) is 11.3 Å². The minimum Gasteiger partial charge on any atom is -0.481 e. The van der Waals surface area contributed by atoms with Crippen LogP contribution in [0.1, 0.15) is 17.1 Å². The second-order valence-corrected chi connectivity index (χ2v) is 6.20. The quantitative estimate of drug-likeness (QED) is 0.719. The van der Waals surface area contributed by atoms with Gasteiger partial charge in [0.1, 0.15) is 11.6 Å². The molecule has 0 unspecified atom stereocenters. The van der Waals surface area contributed by atoms with Gasteiger partial charge in [-0.3, -0.25) is 9.59 Å². The number of carboxylic acids is 1. The number of amides is 2. The van der Waals surface area contributed by atoms with E-state index < -0.39 is 47.5 Å². The molecular formula is C17H15F2N3O6. The van der Waals surface area contributed by atoms with Crippen molar-refractivity contribution in [2.45, 2.75) is 12.5 Å². The highest BCUT2D eigenvalue weighted by Crippen LogP contribution is 2.25. The summed E-state index contributed by atoms with van der Waals surface area (Å²) in [5, 5.41) is 20.8. The summed E-state index contributed by atoms with van der Waals surface area (Å²) in [5.74, 6) is -5.41. The molecule has 148 valence electrons. The Hall–Kier alpha value is -3.50. The van der Waals surface area contributed by atoms with E-state index in [2.05, 4.69) is 10.3 Å². The first-order chi connectivity index (χ1) is 13.3. The molecular weight excluding hydrogens is 380 g/mol. The van der Waals surface area contributed by atoms with Crippen LogP contribution in [0.5, 0.6) is 0 Å². The largest absolute Gasteiger partial charge is 0.481 e. The van der Waals surface area contributed by atoms with Crippen molar-refractivity contribution in [3.63, 3.8) is 0 Å². The molecule has 1 aromatic heterocycles. The molecule has 9 nitrogen and oxygen atoms in total. The van der Waals surface area contributed by atoms with E-state index in [-0.39, 0.29) is 30.8 Å². The lowest BCUT2D eigenvalue weighted by atomic mass is 9.92. The van der Waals surface area contributed by atoms with E-state index in [1.165, 1.54) is 0 Å². The molecule has 1 fully saturated rings. The number of benzene rings is 1. The molecule has 1 saturated heterocycles. The zero-order valence-electron chi connectivity index (χ0n) is 14.3. The maximum atomic E-state index is 13.8. The number of nitrogens with zero attached hydrogens (tertiary/aromatic N) is 2. The number of carbonyl (C=O) groups excluding carboxylic acids is 1. The highest BCUT2D eigenvalue weighted by molar-refractivity contribution is 5.90. The van der Waals surface area contributed by atoms with Crippen LogP contribution in [-0.2, 0) is 4.79 Å². The van der Waals surface area contributed by atoms with Crippen molar-refractivity contribution >= 4 is 18.0 Å².